The largest absolute Gasteiger partial charge is 0.465 e. The van der Waals surface area contributed by atoms with E-state index < -0.39 is 5.97 Å². The van der Waals surface area contributed by atoms with Crippen LogP contribution in [0.5, 0.6) is 0 Å². The van der Waals surface area contributed by atoms with Crippen molar-refractivity contribution in [3.63, 3.8) is 0 Å². The van der Waals surface area contributed by atoms with E-state index in [0.29, 0.717) is 16.0 Å². The Balaban J connectivity index is 1.79. The molecule has 0 bridgehead atoms. The molecule has 3 rings (SSSR count). The second-order valence-corrected chi connectivity index (χ2v) is 7.23. The molecule has 0 saturated carbocycles. The van der Waals surface area contributed by atoms with E-state index in [9.17, 15) is 9.59 Å². The minimum Gasteiger partial charge on any atom is -0.465 e. The van der Waals surface area contributed by atoms with E-state index in [2.05, 4.69) is 15.5 Å². The molecular weight excluding hydrogens is 412 g/mol. The van der Waals surface area contributed by atoms with Crippen LogP contribution in [0.25, 0.3) is 17.1 Å². The van der Waals surface area contributed by atoms with Gasteiger partial charge in [-0.15, -0.1) is 10.2 Å². The molecular formula is C20H19ClN4O3S. The first-order chi connectivity index (χ1) is 14.1. The van der Waals surface area contributed by atoms with E-state index in [-0.39, 0.29) is 24.8 Å². The third-order valence-electron chi connectivity index (χ3n) is 3.82. The summed E-state index contributed by atoms with van der Waals surface area (Å²) in [5.74, 6) is -0.0327. The van der Waals surface area contributed by atoms with Gasteiger partial charge in [0.2, 0.25) is 5.91 Å². The highest BCUT2D eigenvalue weighted by molar-refractivity contribution is 7.99. The summed E-state index contributed by atoms with van der Waals surface area (Å²) in [7, 11) is 0. The van der Waals surface area contributed by atoms with Crippen LogP contribution in [0.1, 0.15) is 6.92 Å². The number of thioether (sulfide) groups is 1. The molecule has 0 spiro atoms. The number of nitrogens with zero attached hydrogens (tertiary/aromatic N) is 3. The summed E-state index contributed by atoms with van der Waals surface area (Å²) in [6.45, 7) is 1.83. The van der Waals surface area contributed by atoms with Gasteiger partial charge in [0, 0.05) is 16.3 Å². The Morgan fingerprint density at radius 1 is 1.10 bits per heavy atom. The first kappa shape index (κ1) is 20.9. The number of benzene rings is 2. The van der Waals surface area contributed by atoms with Crippen molar-refractivity contribution in [1.82, 2.24) is 20.1 Å². The molecule has 0 radical (unpaired) electrons. The summed E-state index contributed by atoms with van der Waals surface area (Å²) in [6, 6.07) is 16.9. The molecule has 1 heterocycles. The number of hydrogen-bond donors (Lipinski definition) is 1. The van der Waals surface area contributed by atoms with Gasteiger partial charge in [0.1, 0.15) is 6.54 Å². The molecule has 150 valence electrons. The van der Waals surface area contributed by atoms with Crippen LogP contribution in [0, 0.1) is 0 Å². The van der Waals surface area contributed by atoms with Gasteiger partial charge in [-0.25, -0.2) is 0 Å². The molecule has 9 heteroatoms. The fourth-order valence-corrected chi connectivity index (χ4v) is 3.43. The summed E-state index contributed by atoms with van der Waals surface area (Å²) in [5.41, 5.74) is 1.72. The number of amides is 1. The van der Waals surface area contributed by atoms with Crippen LogP contribution in [0.2, 0.25) is 5.02 Å². The quantitative estimate of drug-likeness (QED) is 0.435. The van der Waals surface area contributed by atoms with Crippen molar-refractivity contribution in [2.24, 2.45) is 0 Å². The van der Waals surface area contributed by atoms with Gasteiger partial charge >= 0.3 is 5.97 Å². The first-order valence-corrected chi connectivity index (χ1v) is 10.3. The normalized spacial score (nSPS) is 10.6. The van der Waals surface area contributed by atoms with Crippen LogP contribution >= 0.6 is 23.4 Å². The van der Waals surface area contributed by atoms with Crippen LogP contribution in [0.3, 0.4) is 0 Å². The Morgan fingerprint density at radius 3 is 2.52 bits per heavy atom. The third kappa shape index (κ3) is 5.58. The van der Waals surface area contributed by atoms with Crippen LogP contribution < -0.4 is 5.32 Å². The topological polar surface area (TPSA) is 86.1 Å². The highest BCUT2D eigenvalue weighted by Gasteiger charge is 2.17. The van der Waals surface area contributed by atoms with Gasteiger partial charge in [-0.2, -0.15) is 0 Å². The van der Waals surface area contributed by atoms with Crippen molar-refractivity contribution in [3.05, 3.63) is 59.6 Å². The predicted octanol–water partition coefficient (Wildman–Crippen LogP) is 3.36. The van der Waals surface area contributed by atoms with Crippen LogP contribution in [0.4, 0.5) is 0 Å². The van der Waals surface area contributed by atoms with Crippen LogP contribution in [-0.4, -0.2) is 45.5 Å². The summed E-state index contributed by atoms with van der Waals surface area (Å²) in [4.78, 5) is 23.4. The molecule has 1 aromatic heterocycles. The molecule has 0 aliphatic carbocycles. The fourth-order valence-electron chi connectivity index (χ4n) is 2.52. The lowest BCUT2D eigenvalue weighted by Crippen LogP contribution is -2.31. The van der Waals surface area contributed by atoms with Gasteiger partial charge in [0.05, 0.1) is 12.4 Å². The lowest BCUT2D eigenvalue weighted by atomic mass is 10.2. The summed E-state index contributed by atoms with van der Waals surface area (Å²) in [6.07, 6.45) is 0. The van der Waals surface area contributed by atoms with Gasteiger partial charge < -0.3 is 10.1 Å². The molecule has 0 unspecified atom stereocenters. The van der Waals surface area contributed by atoms with E-state index in [4.69, 9.17) is 16.3 Å². The lowest BCUT2D eigenvalue weighted by molar-refractivity contribution is -0.143. The standard InChI is InChI=1S/C20H19ClN4O3S/c1-2-28-18(27)12-22-17(26)13-29-20-24-23-19(14-8-10-15(21)11-9-14)25(20)16-6-4-3-5-7-16/h3-11H,2,12-13H2,1H3,(H,22,26). The number of esters is 1. The van der Waals surface area contributed by atoms with Crippen molar-refractivity contribution < 1.29 is 14.3 Å². The highest BCUT2D eigenvalue weighted by Crippen LogP contribution is 2.28. The SMILES string of the molecule is CCOC(=O)CNC(=O)CSc1nnc(-c2ccc(Cl)cc2)n1-c1ccccc1. The number of carbonyl (C=O) groups is 2. The molecule has 1 N–H and O–H groups in total. The van der Waals surface area contributed by atoms with Crippen molar-refractivity contribution in [3.8, 4) is 17.1 Å². The number of nitrogens with one attached hydrogen (secondary N) is 1. The summed E-state index contributed by atoms with van der Waals surface area (Å²) < 4.78 is 6.68. The maximum Gasteiger partial charge on any atom is 0.325 e. The number of hydrogen-bond acceptors (Lipinski definition) is 6. The molecule has 0 aliphatic heterocycles. The Kier molecular flexibility index (Phi) is 7.26. The molecule has 0 atom stereocenters. The summed E-state index contributed by atoms with van der Waals surface area (Å²) in [5, 5.41) is 12.3. The maximum absolute atomic E-state index is 12.1. The van der Waals surface area contributed by atoms with Gasteiger partial charge in [0.25, 0.3) is 0 Å². The monoisotopic (exact) mass is 430 g/mol. The average molecular weight is 431 g/mol. The second kappa shape index (κ2) is 10.1. The molecule has 0 saturated heterocycles. The van der Waals surface area contributed by atoms with Gasteiger partial charge in [-0.3, -0.25) is 14.2 Å². The van der Waals surface area contributed by atoms with Crippen molar-refractivity contribution in [1.29, 1.82) is 0 Å². The molecule has 0 aliphatic rings. The van der Waals surface area contributed by atoms with E-state index >= 15 is 0 Å². The van der Waals surface area contributed by atoms with Gasteiger partial charge in [-0.1, -0.05) is 41.6 Å². The minimum atomic E-state index is -0.469. The average Bonchev–Trinajstić information content (AvgIpc) is 3.16. The van der Waals surface area contributed by atoms with Gasteiger partial charge in [-0.05, 0) is 43.3 Å². The molecule has 2 aromatic carbocycles. The van der Waals surface area contributed by atoms with E-state index in [1.54, 1.807) is 19.1 Å². The Labute approximate surface area is 177 Å². The number of aromatic nitrogens is 3. The van der Waals surface area contributed by atoms with E-state index in [0.717, 1.165) is 11.3 Å². The number of halogens is 1. The van der Waals surface area contributed by atoms with E-state index in [1.807, 2.05) is 47.0 Å². The number of carbonyl (C=O) groups excluding carboxylic acids is 2. The van der Waals surface area contributed by atoms with Crippen molar-refractivity contribution in [2.75, 3.05) is 18.9 Å². The predicted molar refractivity (Wildman–Crippen MR) is 112 cm³/mol. The van der Waals surface area contributed by atoms with Crippen molar-refractivity contribution >= 4 is 35.2 Å². The Morgan fingerprint density at radius 2 is 1.83 bits per heavy atom. The maximum atomic E-state index is 12.1. The highest BCUT2D eigenvalue weighted by atomic mass is 35.5. The first-order valence-electron chi connectivity index (χ1n) is 8.90. The molecule has 29 heavy (non-hydrogen) atoms. The zero-order valence-corrected chi connectivity index (χ0v) is 17.2. The molecule has 0 fully saturated rings. The van der Waals surface area contributed by atoms with Crippen LogP contribution in [0.15, 0.2) is 59.8 Å². The number of para-hydroxylation sites is 1. The summed E-state index contributed by atoms with van der Waals surface area (Å²) >= 11 is 7.23. The van der Waals surface area contributed by atoms with Gasteiger partial charge in [0.15, 0.2) is 11.0 Å². The molecule has 3 aromatic rings. The third-order valence-corrected chi connectivity index (χ3v) is 5.00. The zero-order chi connectivity index (χ0) is 20.6. The lowest BCUT2D eigenvalue weighted by Gasteiger charge is -2.10. The van der Waals surface area contributed by atoms with Crippen molar-refractivity contribution in [2.45, 2.75) is 12.1 Å². The fraction of sp³-hybridized carbons (Fsp3) is 0.200. The molecule has 1 amide bonds. The Bertz CT molecular complexity index is 977. The number of rotatable bonds is 8. The van der Waals surface area contributed by atoms with Crippen LogP contribution in [-0.2, 0) is 14.3 Å². The second-order valence-electron chi connectivity index (χ2n) is 5.85. The van der Waals surface area contributed by atoms with E-state index in [1.165, 1.54) is 11.8 Å². The Hall–Kier alpha value is -2.84. The minimum absolute atomic E-state index is 0.0883. The zero-order valence-electron chi connectivity index (χ0n) is 15.7. The molecule has 7 nitrogen and oxygen atoms in total. The smallest absolute Gasteiger partial charge is 0.325 e. The number of ether oxygens (including phenoxy) is 1.